The van der Waals surface area contributed by atoms with Gasteiger partial charge in [-0.1, -0.05) is 99.7 Å². The number of nitrogen functional groups attached to an aromatic ring is 1. The second kappa shape index (κ2) is 11.3. The number of hydrogen-bond acceptors (Lipinski definition) is 2. The van der Waals surface area contributed by atoms with Gasteiger partial charge in [0.15, 0.2) is 0 Å². The molecular weight excluding hydrogens is 382 g/mol. The molecule has 4 rings (SSSR count). The summed E-state index contributed by atoms with van der Waals surface area (Å²) < 4.78 is 0. The lowest BCUT2D eigenvalue weighted by Gasteiger charge is -2.23. The molecule has 0 amide bonds. The summed E-state index contributed by atoms with van der Waals surface area (Å²) in [5.74, 6) is 0. The van der Waals surface area contributed by atoms with Gasteiger partial charge in [-0.25, -0.2) is 0 Å². The lowest BCUT2D eigenvalue weighted by Crippen LogP contribution is -2.09. The van der Waals surface area contributed by atoms with Crippen LogP contribution >= 0.6 is 11.8 Å². The minimum atomic E-state index is 0.859. The van der Waals surface area contributed by atoms with Gasteiger partial charge in [-0.3, -0.25) is 0 Å². The van der Waals surface area contributed by atoms with Crippen LogP contribution in [0.2, 0.25) is 0 Å². The van der Waals surface area contributed by atoms with Crippen LogP contribution in [0, 0.1) is 6.92 Å². The van der Waals surface area contributed by atoms with Crippen molar-refractivity contribution < 1.29 is 0 Å². The highest BCUT2D eigenvalue weighted by molar-refractivity contribution is 7.99. The number of fused-ring (bicyclic) bond motifs is 2. The van der Waals surface area contributed by atoms with Crippen LogP contribution in [0.15, 0.2) is 70.5 Å². The van der Waals surface area contributed by atoms with Crippen LogP contribution in [0.3, 0.4) is 0 Å². The van der Waals surface area contributed by atoms with Crippen molar-refractivity contribution in [3.63, 3.8) is 0 Å². The summed E-state index contributed by atoms with van der Waals surface area (Å²) >= 11 is 1.82. The summed E-state index contributed by atoms with van der Waals surface area (Å²) in [7, 11) is 0. The van der Waals surface area contributed by atoms with E-state index in [2.05, 4.69) is 81.4 Å². The van der Waals surface area contributed by atoms with E-state index >= 15 is 0 Å². The van der Waals surface area contributed by atoms with Crippen LogP contribution < -0.4 is 5.73 Å². The van der Waals surface area contributed by atoms with Crippen LogP contribution in [0.25, 0.3) is 0 Å². The highest BCUT2D eigenvalue weighted by Crippen LogP contribution is 2.38. The summed E-state index contributed by atoms with van der Waals surface area (Å²) in [6, 6.07) is 21.7. The fraction of sp³-hybridized carbons (Fsp3) is 0.357. The average molecular weight is 418 g/mol. The lowest BCUT2D eigenvalue weighted by atomic mass is 9.86. The number of nitrogens with two attached hydrogens (primary N) is 1. The SMILES string of the molecule is CCCCCCC.Cc1ccc(Sc2cc(N)cc3c2Cc2ccccc2C3)cc1. The van der Waals surface area contributed by atoms with Crippen LogP contribution in [-0.4, -0.2) is 0 Å². The Labute approximate surface area is 187 Å². The van der Waals surface area contributed by atoms with Crippen LogP contribution in [0.5, 0.6) is 0 Å². The highest BCUT2D eigenvalue weighted by Gasteiger charge is 2.19. The van der Waals surface area contributed by atoms with Gasteiger partial charge >= 0.3 is 0 Å². The molecule has 1 aliphatic rings. The maximum absolute atomic E-state index is 6.17. The predicted octanol–water partition coefficient (Wildman–Crippen LogP) is 8.20. The number of hydrogen-bond donors (Lipinski definition) is 1. The zero-order chi connectivity index (χ0) is 21.3. The van der Waals surface area contributed by atoms with Gasteiger partial charge in [0.25, 0.3) is 0 Å². The molecule has 0 radical (unpaired) electrons. The summed E-state index contributed by atoms with van der Waals surface area (Å²) in [5.41, 5.74) is 14.0. The number of anilines is 1. The van der Waals surface area contributed by atoms with Gasteiger partial charge < -0.3 is 5.73 Å². The first kappa shape index (κ1) is 22.5. The van der Waals surface area contributed by atoms with Gasteiger partial charge in [-0.2, -0.15) is 0 Å². The minimum absolute atomic E-state index is 0.859. The van der Waals surface area contributed by atoms with Crippen molar-refractivity contribution in [3.05, 3.63) is 88.5 Å². The second-order valence-electron chi connectivity index (χ2n) is 8.25. The number of aryl methyl sites for hydroxylation is 1. The summed E-state index contributed by atoms with van der Waals surface area (Å²) in [6.45, 7) is 6.61. The molecule has 1 nitrogen and oxygen atoms in total. The zero-order valence-corrected chi connectivity index (χ0v) is 19.5. The number of rotatable bonds is 6. The third-order valence-electron chi connectivity index (χ3n) is 5.65. The van der Waals surface area contributed by atoms with Crippen molar-refractivity contribution in [2.45, 2.75) is 75.5 Å². The third-order valence-corrected chi connectivity index (χ3v) is 6.74. The van der Waals surface area contributed by atoms with Gasteiger partial charge in [0, 0.05) is 15.5 Å². The zero-order valence-electron chi connectivity index (χ0n) is 18.7. The molecule has 0 atom stereocenters. The van der Waals surface area contributed by atoms with E-state index < -0.39 is 0 Å². The molecule has 0 aromatic heterocycles. The quantitative estimate of drug-likeness (QED) is 0.253. The Hall–Kier alpha value is -2.19. The predicted molar refractivity (Wildman–Crippen MR) is 133 cm³/mol. The first-order chi connectivity index (χ1) is 14.6. The molecule has 3 aromatic rings. The fourth-order valence-electron chi connectivity index (χ4n) is 3.88. The second-order valence-corrected chi connectivity index (χ2v) is 9.37. The van der Waals surface area contributed by atoms with Crippen LogP contribution in [-0.2, 0) is 12.8 Å². The largest absolute Gasteiger partial charge is 0.399 e. The first-order valence-electron chi connectivity index (χ1n) is 11.3. The third kappa shape index (κ3) is 6.15. The smallest absolute Gasteiger partial charge is 0.0328 e. The van der Waals surface area contributed by atoms with Gasteiger partial charge in [0.2, 0.25) is 0 Å². The lowest BCUT2D eigenvalue weighted by molar-refractivity contribution is 0.656. The maximum Gasteiger partial charge on any atom is 0.0328 e. The van der Waals surface area contributed by atoms with E-state index in [9.17, 15) is 0 Å². The number of benzene rings is 3. The standard InChI is InChI=1S/C21H19NS.C7H16/c1-14-6-8-19(9-7-14)23-21-13-18(22)11-17-10-15-4-2-3-5-16(15)12-20(17)21;1-3-5-7-6-4-2/h2-9,11,13H,10,12,22H2,1H3;3-7H2,1-2H3. The van der Waals surface area contributed by atoms with Crippen molar-refractivity contribution in [1.82, 2.24) is 0 Å². The van der Waals surface area contributed by atoms with Crippen molar-refractivity contribution in [1.29, 1.82) is 0 Å². The Morgan fingerprint density at radius 1 is 0.767 bits per heavy atom. The van der Waals surface area contributed by atoms with E-state index in [-0.39, 0.29) is 0 Å². The van der Waals surface area contributed by atoms with Crippen molar-refractivity contribution in [2.24, 2.45) is 0 Å². The van der Waals surface area contributed by atoms with E-state index in [4.69, 9.17) is 5.73 Å². The van der Waals surface area contributed by atoms with E-state index in [1.807, 2.05) is 11.8 Å². The van der Waals surface area contributed by atoms with E-state index in [0.29, 0.717) is 0 Å². The summed E-state index contributed by atoms with van der Waals surface area (Å²) in [4.78, 5) is 2.56. The summed E-state index contributed by atoms with van der Waals surface area (Å²) in [5, 5.41) is 0. The highest BCUT2D eigenvalue weighted by atomic mass is 32.2. The molecule has 1 aliphatic carbocycles. The Morgan fingerprint density at radius 2 is 1.40 bits per heavy atom. The fourth-order valence-corrected chi connectivity index (χ4v) is 4.93. The van der Waals surface area contributed by atoms with Crippen LogP contribution in [0.4, 0.5) is 5.69 Å². The molecular formula is C28H35NS. The molecule has 2 heteroatoms. The molecule has 30 heavy (non-hydrogen) atoms. The Kier molecular flexibility index (Phi) is 8.45. The molecule has 0 unspecified atom stereocenters. The first-order valence-corrected chi connectivity index (χ1v) is 12.1. The van der Waals surface area contributed by atoms with Crippen molar-refractivity contribution >= 4 is 17.4 Å². The van der Waals surface area contributed by atoms with Crippen molar-refractivity contribution in [2.75, 3.05) is 5.73 Å². The molecule has 0 spiro atoms. The Balaban J connectivity index is 0.000000318. The van der Waals surface area contributed by atoms with Crippen molar-refractivity contribution in [3.8, 4) is 0 Å². The Bertz CT molecular complexity index is 939. The molecule has 0 fully saturated rings. The minimum Gasteiger partial charge on any atom is -0.399 e. The molecule has 2 N–H and O–H groups in total. The number of unbranched alkanes of at least 4 members (excludes halogenated alkanes) is 4. The monoisotopic (exact) mass is 417 g/mol. The normalized spacial score (nSPS) is 11.8. The maximum atomic E-state index is 6.17. The van der Waals surface area contributed by atoms with Gasteiger partial charge in [-0.05, 0) is 66.3 Å². The summed E-state index contributed by atoms with van der Waals surface area (Å²) in [6.07, 6.45) is 8.99. The molecule has 0 saturated heterocycles. The molecule has 0 heterocycles. The Morgan fingerprint density at radius 3 is 2.03 bits per heavy atom. The van der Waals surface area contributed by atoms with Crippen LogP contribution in [0.1, 0.15) is 73.8 Å². The average Bonchev–Trinajstić information content (AvgIpc) is 2.75. The molecule has 0 saturated carbocycles. The van der Waals surface area contributed by atoms with Gasteiger partial charge in [0.1, 0.15) is 0 Å². The van der Waals surface area contributed by atoms with E-state index in [0.717, 1.165) is 18.5 Å². The molecule has 0 aliphatic heterocycles. The van der Waals surface area contributed by atoms with Gasteiger partial charge in [-0.15, -0.1) is 0 Å². The topological polar surface area (TPSA) is 26.0 Å². The molecule has 0 bridgehead atoms. The molecule has 158 valence electrons. The van der Waals surface area contributed by atoms with E-state index in [1.165, 1.54) is 69.7 Å². The van der Waals surface area contributed by atoms with E-state index in [1.54, 1.807) is 0 Å². The molecule has 3 aromatic carbocycles. The van der Waals surface area contributed by atoms with Gasteiger partial charge in [0.05, 0.1) is 0 Å².